The summed E-state index contributed by atoms with van der Waals surface area (Å²) in [6.45, 7) is 7.22. The minimum absolute atomic E-state index is 0.0496. The third kappa shape index (κ3) is 3.97. The molecule has 1 aliphatic heterocycles. The maximum absolute atomic E-state index is 12.0. The first kappa shape index (κ1) is 14.9. The van der Waals surface area contributed by atoms with Gasteiger partial charge in [-0.3, -0.25) is 4.79 Å². The number of carbonyl (C=O) groups excluding carboxylic acids is 1. The Kier molecular flexibility index (Phi) is 5.01. The number of rotatable bonds is 4. The predicted octanol–water partition coefficient (Wildman–Crippen LogP) is 1.94. The minimum Gasteiger partial charge on any atom is -0.483 e. The van der Waals surface area contributed by atoms with Crippen molar-refractivity contribution < 1.29 is 9.53 Å². The fourth-order valence-electron chi connectivity index (χ4n) is 2.50. The van der Waals surface area contributed by atoms with Gasteiger partial charge in [-0.2, -0.15) is 0 Å². The molecule has 1 saturated heterocycles. The number of piperidine rings is 1. The largest absolute Gasteiger partial charge is 0.483 e. The fraction of sp³-hybridized carbons (Fsp3) is 0.562. The van der Waals surface area contributed by atoms with E-state index in [9.17, 15) is 4.79 Å². The van der Waals surface area contributed by atoms with Gasteiger partial charge in [0.05, 0.1) is 0 Å². The molecule has 1 aliphatic rings. The highest BCUT2D eigenvalue weighted by Gasteiger charge is 2.22. The van der Waals surface area contributed by atoms with Crippen LogP contribution in [0.1, 0.15) is 30.9 Å². The number of nitrogens with one attached hydrogen (secondary N) is 2. The molecule has 0 aliphatic carbocycles. The van der Waals surface area contributed by atoms with Crippen LogP contribution in [0.2, 0.25) is 0 Å². The van der Waals surface area contributed by atoms with Gasteiger partial charge in [0.2, 0.25) is 0 Å². The molecule has 0 saturated carbocycles. The lowest BCUT2D eigenvalue weighted by Gasteiger charge is -2.30. The summed E-state index contributed by atoms with van der Waals surface area (Å²) in [6.07, 6.45) is 2.14. The lowest BCUT2D eigenvalue weighted by Crippen LogP contribution is -2.52. The van der Waals surface area contributed by atoms with Crippen molar-refractivity contribution in [1.82, 2.24) is 10.6 Å². The van der Waals surface area contributed by atoms with E-state index < -0.39 is 0 Å². The average Bonchev–Trinajstić information content (AvgIpc) is 2.42. The number of ether oxygens (including phenoxy) is 1. The summed E-state index contributed by atoms with van der Waals surface area (Å²) in [5, 5.41) is 6.42. The molecule has 0 spiro atoms. The lowest BCUT2D eigenvalue weighted by atomic mass is 10.00. The van der Waals surface area contributed by atoms with E-state index >= 15 is 0 Å². The van der Waals surface area contributed by atoms with Gasteiger partial charge in [0, 0.05) is 12.1 Å². The van der Waals surface area contributed by atoms with Gasteiger partial charge in [-0.05, 0) is 57.4 Å². The molecule has 1 aromatic carbocycles. The van der Waals surface area contributed by atoms with Gasteiger partial charge in [-0.1, -0.05) is 12.1 Å². The molecular formula is C16H24N2O2. The van der Waals surface area contributed by atoms with Crippen molar-refractivity contribution in [1.29, 1.82) is 0 Å². The number of hydrogen-bond acceptors (Lipinski definition) is 3. The van der Waals surface area contributed by atoms with Crippen molar-refractivity contribution in [3.8, 4) is 5.75 Å². The van der Waals surface area contributed by atoms with Crippen LogP contribution in [0.3, 0.4) is 0 Å². The van der Waals surface area contributed by atoms with Crippen LogP contribution in [0, 0.1) is 13.8 Å². The molecule has 2 N–H and O–H groups in total. The molecule has 4 heteroatoms. The Balaban J connectivity index is 1.84. The molecule has 1 fully saturated rings. The van der Waals surface area contributed by atoms with Gasteiger partial charge in [-0.25, -0.2) is 0 Å². The van der Waals surface area contributed by atoms with E-state index in [4.69, 9.17) is 4.74 Å². The van der Waals surface area contributed by atoms with Gasteiger partial charge in [0.15, 0.2) is 6.61 Å². The van der Waals surface area contributed by atoms with Crippen molar-refractivity contribution in [2.75, 3.05) is 13.2 Å². The molecule has 0 radical (unpaired) electrons. The normalized spacial score (nSPS) is 22.4. The molecular weight excluding hydrogens is 252 g/mol. The average molecular weight is 276 g/mol. The highest BCUT2D eigenvalue weighted by molar-refractivity contribution is 5.78. The van der Waals surface area contributed by atoms with Gasteiger partial charge in [-0.15, -0.1) is 0 Å². The summed E-state index contributed by atoms with van der Waals surface area (Å²) in [5.74, 6) is 0.737. The first-order chi connectivity index (χ1) is 9.56. The number of amides is 1. The Morgan fingerprint density at radius 1 is 1.45 bits per heavy atom. The zero-order valence-electron chi connectivity index (χ0n) is 12.5. The topological polar surface area (TPSA) is 50.4 Å². The monoisotopic (exact) mass is 276 g/mol. The van der Waals surface area contributed by atoms with Gasteiger partial charge in [0.25, 0.3) is 5.91 Å². The van der Waals surface area contributed by atoms with E-state index in [-0.39, 0.29) is 18.6 Å². The second-order valence-corrected chi connectivity index (χ2v) is 5.62. The van der Waals surface area contributed by atoms with E-state index in [1.165, 1.54) is 0 Å². The molecule has 0 aromatic heterocycles. The maximum atomic E-state index is 12.0. The molecule has 1 amide bonds. The summed E-state index contributed by atoms with van der Waals surface area (Å²) in [4.78, 5) is 12.0. The third-order valence-electron chi connectivity index (χ3n) is 3.81. The number of aryl methyl sites for hydroxylation is 2. The fourth-order valence-corrected chi connectivity index (χ4v) is 2.50. The Labute approximate surface area is 120 Å². The molecule has 2 atom stereocenters. The standard InChI is InChI=1S/C16H24N2O2/c1-11-6-7-12(2)15(9-11)20-10-16(19)18-14-5-4-8-17-13(14)3/h6-7,9,13-14,17H,4-5,8,10H2,1-3H3,(H,18,19). The van der Waals surface area contributed by atoms with Crippen LogP contribution in [0.4, 0.5) is 0 Å². The van der Waals surface area contributed by atoms with E-state index in [1.807, 2.05) is 32.0 Å². The van der Waals surface area contributed by atoms with E-state index in [2.05, 4.69) is 17.6 Å². The highest BCUT2D eigenvalue weighted by Crippen LogP contribution is 2.18. The quantitative estimate of drug-likeness (QED) is 0.883. The van der Waals surface area contributed by atoms with Crippen LogP contribution in [0.15, 0.2) is 18.2 Å². The van der Waals surface area contributed by atoms with Gasteiger partial charge >= 0.3 is 0 Å². The molecule has 20 heavy (non-hydrogen) atoms. The molecule has 4 nitrogen and oxygen atoms in total. The van der Waals surface area contributed by atoms with Gasteiger partial charge in [0.1, 0.15) is 5.75 Å². The number of benzene rings is 1. The van der Waals surface area contributed by atoms with Crippen LogP contribution in [0.5, 0.6) is 5.75 Å². The van der Waals surface area contributed by atoms with Crippen molar-refractivity contribution in [2.24, 2.45) is 0 Å². The smallest absolute Gasteiger partial charge is 0.258 e. The second kappa shape index (κ2) is 6.75. The Morgan fingerprint density at radius 3 is 3.00 bits per heavy atom. The minimum atomic E-state index is -0.0496. The summed E-state index contributed by atoms with van der Waals surface area (Å²) >= 11 is 0. The molecule has 1 heterocycles. The zero-order valence-corrected chi connectivity index (χ0v) is 12.5. The molecule has 2 unspecified atom stereocenters. The van der Waals surface area contributed by atoms with Crippen LogP contribution >= 0.6 is 0 Å². The number of carbonyl (C=O) groups is 1. The van der Waals surface area contributed by atoms with E-state index in [0.717, 1.165) is 36.3 Å². The van der Waals surface area contributed by atoms with Gasteiger partial charge < -0.3 is 15.4 Å². The van der Waals surface area contributed by atoms with Crippen LogP contribution < -0.4 is 15.4 Å². The van der Waals surface area contributed by atoms with Crippen molar-refractivity contribution in [3.05, 3.63) is 29.3 Å². The van der Waals surface area contributed by atoms with Crippen LogP contribution in [-0.4, -0.2) is 31.1 Å². The Morgan fingerprint density at radius 2 is 2.25 bits per heavy atom. The Bertz CT molecular complexity index is 474. The van der Waals surface area contributed by atoms with Crippen LogP contribution in [-0.2, 0) is 4.79 Å². The predicted molar refractivity (Wildman–Crippen MR) is 80.0 cm³/mol. The van der Waals surface area contributed by atoms with Crippen molar-refractivity contribution >= 4 is 5.91 Å². The Hall–Kier alpha value is -1.55. The van der Waals surface area contributed by atoms with Crippen molar-refractivity contribution in [2.45, 2.75) is 45.7 Å². The summed E-state index contributed by atoms with van der Waals surface area (Å²) in [6, 6.07) is 6.55. The molecule has 0 bridgehead atoms. The van der Waals surface area contributed by atoms with E-state index in [0.29, 0.717) is 6.04 Å². The number of hydrogen-bond donors (Lipinski definition) is 2. The first-order valence-corrected chi connectivity index (χ1v) is 7.29. The second-order valence-electron chi connectivity index (χ2n) is 5.62. The lowest BCUT2D eigenvalue weighted by molar-refractivity contribution is -0.124. The highest BCUT2D eigenvalue weighted by atomic mass is 16.5. The van der Waals surface area contributed by atoms with Crippen molar-refractivity contribution in [3.63, 3.8) is 0 Å². The summed E-state index contributed by atoms with van der Waals surface area (Å²) in [7, 11) is 0. The molecule has 1 aromatic rings. The third-order valence-corrected chi connectivity index (χ3v) is 3.81. The summed E-state index contributed by atoms with van der Waals surface area (Å²) < 4.78 is 5.62. The first-order valence-electron chi connectivity index (χ1n) is 7.29. The molecule has 2 rings (SSSR count). The van der Waals surface area contributed by atoms with E-state index in [1.54, 1.807) is 0 Å². The molecule has 110 valence electrons. The zero-order chi connectivity index (χ0) is 14.5. The SMILES string of the molecule is Cc1ccc(C)c(OCC(=O)NC2CCCNC2C)c1. The maximum Gasteiger partial charge on any atom is 0.258 e. The summed E-state index contributed by atoms with van der Waals surface area (Å²) in [5.41, 5.74) is 2.19. The van der Waals surface area contributed by atoms with Crippen LogP contribution in [0.25, 0.3) is 0 Å².